The van der Waals surface area contributed by atoms with Crippen LogP contribution in [0.3, 0.4) is 0 Å². The fourth-order valence-electron chi connectivity index (χ4n) is 13.6. The second-order valence-electron chi connectivity index (χ2n) is 29.9. The fourth-order valence-corrected chi connectivity index (χ4v) is 19.2. The SMILES string of the molecule is C.COC(=O)N[C@H](Cc1c[nH]c2ccc(O)cc12)C(=O)O.COC(=O)N[C@H](Cc1c[nH]c2ccc(OC)cc12)C(=O)O.COC(=O)N[C@H](Cc1c[nH]c2ccc(OC)cc12)C(=O)OC.Cc1ccc(C#Cc2ccc(S(=O)(=O)N[C@H](Cc3c[nH]c4ccc(O)cc34)C(=O)O)s2)cc1.N[C@H](Cc1c[nH]c2ccc(O)cc12)C(=O)O.O=C(O)[C@@H](Cc1c[nH]c2ccc(O)cc12)NS(=O)(=O)c1ccc(Br)s1.[HH].[HH].[HH].[HH].[HH].[HH]. The van der Waals surface area contributed by atoms with Gasteiger partial charge in [-0.05, 0) is 202 Å². The van der Waals surface area contributed by atoms with Crippen LogP contribution in [0.25, 0.3) is 65.4 Å². The van der Waals surface area contributed by atoms with Crippen molar-refractivity contribution < 1.29 is 143 Å². The van der Waals surface area contributed by atoms with Crippen molar-refractivity contribution in [1.82, 2.24) is 55.3 Å². The third-order valence-corrected chi connectivity index (χ3v) is 27.1. The Balaban J connectivity index is 0.000000446. The van der Waals surface area contributed by atoms with Gasteiger partial charge in [-0.2, -0.15) is 9.44 Å². The zero-order valence-corrected chi connectivity index (χ0v) is 78.4. The van der Waals surface area contributed by atoms with E-state index in [-0.39, 0.29) is 85.9 Å². The van der Waals surface area contributed by atoms with Gasteiger partial charge in [0.05, 0.1) is 51.3 Å². The number of benzene rings is 7. The molecule has 0 saturated carbocycles. The van der Waals surface area contributed by atoms with Gasteiger partial charge in [0.2, 0.25) is 0 Å². The van der Waals surface area contributed by atoms with Crippen LogP contribution in [-0.4, -0.2) is 226 Å². The Morgan fingerprint density at radius 1 is 0.384 bits per heavy atom. The molecule has 0 saturated heterocycles. The molecule has 0 fully saturated rings. The first kappa shape index (κ1) is 106. The summed E-state index contributed by atoms with van der Waals surface area (Å²) in [6, 6.07) is 37.1. The number of fused-ring (bicyclic) bond motifs is 6. The summed E-state index contributed by atoms with van der Waals surface area (Å²) in [7, 11) is -0.0213. The topological polar surface area (TPSA) is 640 Å². The van der Waals surface area contributed by atoms with Gasteiger partial charge in [-0.1, -0.05) is 37.0 Å². The number of alkyl carbamates (subject to hydrolysis) is 3. The first-order valence-electron chi connectivity index (χ1n) is 40.6. The fraction of sp³-hybridized carbons (Fsp3) is 0.215. The van der Waals surface area contributed by atoms with Crippen LogP contribution < -0.4 is 40.6 Å². The molecule has 40 nitrogen and oxygen atoms in total. The van der Waals surface area contributed by atoms with Gasteiger partial charge in [-0.15, -0.1) is 22.7 Å². The van der Waals surface area contributed by atoms with Crippen molar-refractivity contribution in [2.24, 2.45) is 5.73 Å². The molecule has 0 unspecified atom stereocenters. The Hall–Kier alpha value is -15.6. The molecule has 45 heteroatoms. The number of nitrogens with two attached hydrogens (primary N) is 1. The van der Waals surface area contributed by atoms with Gasteiger partial charge in [0.15, 0.2) is 0 Å². The number of aromatic nitrogens is 6. The highest BCUT2D eigenvalue weighted by molar-refractivity contribution is 9.11. The summed E-state index contributed by atoms with van der Waals surface area (Å²) >= 11 is 5.15. The van der Waals surface area contributed by atoms with Gasteiger partial charge in [0.1, 0.15) is 79.2 Å². The van der Waals surface area contributed by atoms with Crippen LogP contribution in [-0.2, 0) is 106 Å². The molecule has 0 spiro atoms. The lowest BCUT2D eigenvalue weighted by Gasteiger charge is -2.15. The van der Waals surface area contributed by atoms with E-state index in [1.807, 2.05) is 67.6 Å². The molecular formula is C93H109BrN12O28S4. The minimum absolute atomic E-state index is 0. The molecule has 8 aromatic heterocycles. The van der Waals surface area contributed by atoms with E-state index in [1.165, 1.54) is 69.9 Å². The average molecular weight is 2050 g/mol. The molecule has 0 aliphatic heterocycles. The van der Waals surface area contributed by atoms with Gasteiger partial charge >= 0.3 is 54.1 Å². The van der Waals surface area contributed by atoms with Gasteiger partial charge in [-0.25, -0.2) is 45.6 Å². The van der Waals surface area contributed by atoms with Crippen molar-refractivity contribution in [3.8, 4) is 46.3 Å². The van der Waals surface area contributed by atoms with E-state index in [9.17, 15) is 95.7 Å². The van der Waals surface area contributed by atoms with Crippen molar-refractivity contribution in [2.45, 2.75) is 97.5 Å². The number of methoxy groups -OCH3 is 6. The molecule has 0 bridgehead atoms. The molecule has 7 aromatic carbocycles. The number of aliphatic carboxylic acids is 5. The molecule has 0 aliphatic rings. The number of halogens is 1. The third kappa shape index (κ3) is 29.0. The van der Waals surface area contributed by atoms with Crippen molar-refractivity contribution >= 4 is 178 Å². The zero-order valence-electron chi connectivity index (χ0n) is 73.6. The Bertz CT molecular complexity index is 7230. The molecule has 740 valence electrons. The summed E-state index contributed by atoms with van der Waals surface area (Å²) in [6.45, 7) is 1.98. The number of phenolic OH excluding ortho intramolecular Hbond substituents is 4. The minimum Gasteiger partial charge on any atom is -0.508 e. The number of amides is 3. The predicted molar refractivity (Wildman–Crippen MR) is 529 cm³/mol. The van der Waals surface area contributed by atoms with E-state index in [2.05, 4.69) is 97.3 Å². The van der Waals surface area contributed by atoms with Crippen LogP contribution in [0.5, 0.6) is 34.5 Å². The number of aromatic hydroxyl groups is 4. The molecule has 0 aliphatic carbocycles. The third-order valence-electron chi connectivity index (χ3n) is 20.6. The number of carbonyl (C=O) groups is 9. The van der Waals surface area contributed by atoms with Crippen LogP contribution in [0.2, 0.25) is 0 Å². The number of thiophene rings is 2. The largest absolute Gasteiger partial charge is 0.508 e. The molecule has 15 rings (SSSR count). The van der Waals surface area contributed by atoms with Crippen molar-refractivity contribution in [1.29, 1.82) is 0 Å². The molecule has 15 aromatic rings. The Labute approximate surface area is 812 Å². The number of hydrogen-bond donors (Lipinski definition) is 21. The second kappa shape index (κ2) is 48.6. The number of ether oxygens (including phenoxy) is 6. The van der Waals surface area contributed by atoms with Crippen LogP contribution >= 0.6 is 38.6 Å². The monoisotopic (exact) mass is 2050 g/mol. The summed E-state index contributed by atoms with van der Waals surface area (Å²) in [4.78, 5) is 121. The van der Waals surface area contributed by atoms with Crippen LogP contribution in [0.1, 0.15) is 65.4 Å². The molecule has 3 amide bonds. The van der Waals surface area contributed by atoms with Crippen molar-refractivity contribution in [3.05, 3.63) is 248 Å². The van der Waals surface area contributed by atoms with E-state index in [0.717, 1.165) is 101 Å². The number of hydrogen-bond acceptors (Lipinski definition) is 26. The highest BCUT2D eigenvalue weighted by Gasteiger charge is 2.32. The Kier molecular flexibility index (Phi) is 37.3. The average Bonchev–Trinajstić information content (AvgIpc) is 1.68. The van der Waals surface area contributed by atoms with E-state index in [4.69, 9.17) is 30.2 Å². The number of phenols is 4. The molecule has 0 radical (unpaired) electrons. The second-order valence-corrected chi connectivity index (χ2v) is 37.3. The van der Waals surface area contributed by atoms with E-state index in [0.29, 0.717) is 58.5 Å². The Morgan fingerprint density at radius 2 is 0.688 bits per heavy atom. The molecule has 6 atom stereocenters. The number of aromatic amines is 6. The number of H-pyrrole nitrogens is 6. The highest BCUT2D eigenvalue weighted by atomic mass is 79.9. The van der Waals surface area contributed by atoms with E-state index < -0.39 is 110 Å². The smallest absolute Gasteiger partial charge is 0.407 e. The van der Waals surface area contributed by atoms with E-state index in [1.54, 1.807) is 99.9 Å². The lowest BCUT2D eigenvalue weighted by Crippen LogP contribution is -2.42. The first-order chi connectivity index (χ1) is 65.2. The van der Waals surface area contributed by atoms with Crippen molar-refractivity contribution in [2.75, 3.05) is 42.7 Å². The highest BCUT2D eigenvalue weighted by Crippen LogP contribution is 2.33. The normalized spacial score (nSPS) is 12.2. The number of sulfonamides is 2. The maximum atomic E-state index is 12.9. The number of esters is 1. The Morgan fingerprint density at radius 3 is 1.00 bits per heavy atom. The standard InChI is InChI=1S/C24H20N2O5S2.C15H13BrN2O5S2.C15H18N2O5.C14H16N2O5.C13H14N2O5.C11H12N2O3.CH4.6H2/c1-15-2-4-16(5-3-15)6-8-19-9-11-23(32-19)33(30,31)26-22(24(28)29)12-17-14-25-21-10-7-18(27)13-20(17)21;16-13-3-4-14(24-13)25(22,23)18-12(15(20)21)5-8-7-17-11-2-1-9(19)6-10(8)11;1-20-10-4-5-12-11(7-10)9(8-16-12)6-13(14(18)21-2)17-15(19)22-3;1-20-9-3-4-11-10(6-9)8(7-15-11)5-12(13(17)18)16-14(19)21-2;1-20-13(19)15-11(12(17)18)4-7-6-14-10-3-2-8(16)5-9(7)10;12-9(11(15)16)3-6-5-13-10-2-1-7(14)4-8(6)10;;;;;;;/h2-5,7,9-11,13-14,22,25-27H,12H2,1H3,(H,28,29);1-4,6-7,12,17-19H,5H2,(H,20,21);4-5,7-8,13,16H,6H2,1-3H3,(H,17,19);3-4,6-7,12,15H,5H2,1-2H3,(H,16,19)(H,17,18);2-3,5-6,11,14,16H,4H2,1H3,(H,15,19)(H,17,18);1-2,4-5,9,13-14H,3,12H2,(H,15,16);1H4;6*1H/t22-;12-;13-;12-;11-;9-;;;;;;;/m111111......./s1. The summed E-state index contributed by atoms with van der Waals surface area (Å²) in [6.07, 6.45) is 8.39. The lowest BCUT2D eigenvalue weighted by molar-refractivity contribution is -0.143. The van der Waals surface area contributed by atoms with Gasteiger partial charge in [0.25, 0.3) is 20.0 Å². The summed E-state index contributed by atoms with van der Waals surface area (Å²) in [5.74, 6) is 1.20. The number of rotatable bonds is 29. The summed E-state index contributed by atoms with van der Waals surface area (Å²) < 4.78 is 84.1. The number of carboxylic acids is 5. The number of nitrogens with one attached hydrogen (secondary N) is 11. The van der Waals surface area contributed by atoms with Gasteiger partial charge in [0, 0.05) is 155 Å². The van der Waals surface area contributed by atoms with Gasteiger partial charge < -0.3 is 126 Å². The maximum Gasteiger partial charge on any atom is 0.407 e. The van der Waals surface area contributed by atoms with Crippen molar-refractivity contribution in [3.63, 3.8) is 0 Å². The van der Waals surface area contributed by atoms with Gasteiger partial charge in [-0.3, -0.25) is 14.4 Å². The molecule has 22 N–H and O–H groups in total. The zero-order chi connectivity index (χ0) is 99.7. The minimum atomic E-state index is -4.08. The molecular weight excluding hydrogens is 1940 g/mol. The quantitative estimate of drug-likeness (QED) is 0.0118. The molecule has 8 heterocycles. The van der Waals surface area contributed by atoms with E-state index >= 15 is 0 Å². The molecule has 138 heavy (non-hydrogen) atoms. The van der Waals surface area contributed by atoms with Crippen LogP contribution in [0.4, 0.5) is 14.4 Å². The number of aryl methyl sites for hydroxylation is 1. The number of carbonyl (C=O) groups excluding carboxylic acids is 4. The maximum absolute atomic E-state index is 12.9. The lowest BCUT2D eigenvalue weighted by atomic mass is 10.0. The summed E-state index contributed by atoms with van der Waals surface area (Å²) in [5.41, 5.74) is 16.5. The predicted octanol–water partition coefficient (Wildman–Crippen LogP) is 13.6. The summed E-state index contributed by atoms with van der Waals surface area (Å²) in [5, 5.41) is 95.8. The van der Waals surface area contributed by atoms with Crippen LogP contribution in [0, 0.1) is 18.8 Å². The van der Waals surface area contributed by atoms with Crippen LogP contribution in [0.15, 0.2) is 207 Å². The number of carboxylic acid groups (broad SMARTS) is 5. The first-order valence-corrected chi connectivity index (χ1v) is 46.0.